The van der Waals surface area contributed by atoms with E-state index in [2.05, 4.69) is 4.98 Å². The van der Waals surface area contributed by atoms with E-state index in [1.165, 1.54) is 12.1 Å². The zero-order valence-corrected chi connectivity index (χ0v) is 14.1. The van der Waals surface area contributed by atoms with E-state index in [4.69, 9.17) is 0 Å². The number of fused-ring (bicyclic) bond motifs is 1. The Bertz CT molecular complexity index is 1120. The molecular weight excluding hydrogens is 329 g/mol. The lowest BCUT2D eigenvalue weighted by Gasteiger charge is -2.11. The molecule has 3 nitrogen and oxygen atoms in total. The summed E-state index contributed by atoms with van der Waals surface area (Å²) in [5.74, 6) is -0.915. The van der Waals surface area contributed by atoms with Crippen LogP contribution in [-0.2, 0) is 0 Å². The number of aromatic nitrogens is 1. The molecule has 0 bridgehead atoms. The molecule has 1 aromatic heterocycles. The molecule has 4 aromatic rings. The summed E-state index contributed by atoms with van der Waals surface area (Å²) >= 11 is 0. The van der Waals surface area contributed by atoms with Gasteiger partial charge in [0.2, 0.25) is 0 Å². The smallest absolute Gasteiger partial charge is 0.165 e. The van der Waals surface area contributed by atoms with Gasteiger partial charge in [0.25, 0.3) is 0 Å². The predicted octanol–water partition coefficient (Wildman–Crippen LogP) is 5.43. The van der Waals surface area contributed by atoms with Crippen LogP contribution in [0.1, 0.15) is 5.56 Å². The number of benzene rings is 3. The molecule has 0 fully saturated rings. The Labute approximate surface area is 150 Å². The number of nitrogens with zero attached hydrogens (tertiary/aromatic N) is 1. The standard InChI is InChI=1S/C22H16FNO2/c1-13-2-4-14(5-3-13)17-12-21(15-6-9-22(26)19(23)10-15)24-20-8-7-16(25)11-18(17)20/h2-12,25-26H,1H3. The molecule has 3 aromatic carbocycles. The molecule has 0 spiro atoms. The highest BCUT2D eigenvalue weighted by atomic mass is 19.1. The average molecular weight is 345 g/mol. The number of aryl methyl sites for hydroxylation is 1. The van der Waals surface area contributed by atoms with Crippen molar-refractivity contribution in [3.05, 3.63) is 78.1 Å². The predicted molar refractivity (Wildman–Crippen MR) is 101 cm³/mol. The molecule has 0 atom stereocenters. The molecule has 2 N–H and O–H groups in total. The molecule has 0 aliphatic rings. The number of aromatic hydroxyl groups is 2. The van der Waals surface area contributed by atoms with Gasteiger partial charge in [0.05, 0.1) is 11.2 Å². The Kier molecular flexibility index (Phi) is 3.81. The van der Waals surface area contributed by atoms with Crippen LogP contribution in [0.25, 0.3) is 33.3 Å². The second-order valence-corrected chi connectivity index (χ2v) is 6.29. The summed E-state index contributed by atoms with van der Waals surface area (Å²) in [6, 6.07) is 19.1. The first-order chi connectivity index (χ1) is 12.5. The third-order valence-electron chi connectivity index (χ3n) is 4.40. The van der Waals surface area contributed by atoms with Gasteiger partial charge in [-0.1, -0.05) is 29.8 Å². The highest BCUT2D eigenvalue weighted by molar-refractivity contribution is 5.97. The molecule has 26 heavy (non-hydrogen) atoms. The van der Waals surface area contributed by atoms with Crippen LogP contribution in [0.4, 0.5) is 4.39 Å². The summed E-state index contributed by atoms with van der Waals surface area (Å²) in [4.78, 5) is 4.60. The van der Waals surface area contributed by atoms with Gasteiger partial charge in [-0.15, -0.1) is 0 Å². The Balaban J connectivity index is 2.00. The Morgan fingerprint density at radius 2 is 1.54 bits per heavy atom. The summed E-state index contributed by atoms with van der Waals surface area (Å²) in [7, 11) is 0. The second kappa shape index (κ2) is 6.15. The van der Waals surface area contributed by atoms with E-state index in [9.17, 15) is 14.6 Å². The van der Waals surface area contributed by atoms with Crippen molar-refractivity contribution < 1.29 is 14.6 Å². The number of rotatable bonds is 2. The molecule has 0 radical (unpaired) electrons. The molecule has 4 heteroatoms. The van der Waals surface area contributed by atoms with Gasteiger partial charge >= 0.3 is 0 Å². The first-order valence-electron chi connectivity index (χ1n) is 8.21. The van der Waals surface area contributed by atoms with Crippen LogP contribution in [0.15, 0.2) is 66.7 Å². The minimum atomic E-state index is -0.688. The van der Waals surface area contributed by atoms with Crippen molar-refractivity contribution in [3.8, 4) is 33.9 Å². The largest absolute Gasteiger partial charge is 0.508 e. The highest BCUT2D eigenvalue weighted by Gasteiger charge is 2.12. The van der Waals surface area contributed by atoms with Crippen LogP contribution in [-0.4, -0.2) is 15.2 Å². The van der Waals surface area contributed by atoms with Gasteiger partial charge < -0.3 is 10.2 Å². The van der Waals surface area contributed by atoms with E-state index in [-0.39, 0.29) is 5.75 Å². The Morgan fingerprint density at radius 3 is 2.27 bits per heavy atom. The van der Waals surface area contributed by atoms with Gasteiger partial charge in [-0.25, -0.2) is 9.37 Å². The minimum absolute atomic E-state index is 0.163. The summed E-state index contributed by atoms with van der Waals surface area (Å²) in [6.07, 6.45) is 0. The van der Waals surface area contributed by atoms with Crippen LogP contribution < -0.4 is 0 Å². The summed E-state index contributed by atoms with van der Waals surface area (Å²) < 4.78 is 13.8. The molecule has 0 unspecified atom stereocenters. The number of halogens is 1. The van der Waals surface area contributed by atoms with Crippen molar-refractivity contribution in [1.82, 2.24) is 4.98 Å². The van der Waals surface area contributed by atoms with Gasteiger partial charge in [-0.05, 0) is 60.5 Å². The van der Waals surface area contributed by atoms with Crippen LogP contribution in [0.5, 0.6) is 11.5 Å². The zero-order valence-electron chi connectivity index (χ0n) is 14.1. The van der Waals surface area contributed by atoms with Crippen molar-refractivity contribution >= 4 is 10.9 Å². The first kappa shape index (κ1) is 16.1. The van der Waals surface area contributed by atoms with Gasteiger partial charge in [0, 0.05) is 10.9 Å². The molecule has 0 saturated carbocycles. The van der Waals surface area contributed by atoms with Crippen molar-refractivity contribution in [2.75, 3.05) is 0 Å². The molecule has 0 amide bonds. The molecule has 0 aliphatic heterocycles. The number of hydrogen-bond acceptors (Lipinski definition) is 3. The maximum absolute atomic E-state index is 13.8. The second-order valence-electron chi connectivity index (χ2n) is 6.29. The van der Waals surface area contributed by atoms with Gasteiger partial charge in [-0.2, -0.15) is 0 Å². The topological polar surface area (TPSA) is 53.4 Å². The summed E-state index contributed by atoms with van der Waals surface area (Å²) in [5.41, 5.74) is 4.89. The fourth-order valence-corrected chi connectivity index (χ4v) is 3.00. The van der Waals surface area contributed by atoms with E-state index in [0.29, 0.717) is 16.8 Å². The van der Waals surface area contributed by atoms with Gasteiger partial charge in [-0.3, -0.25) is 0 Å². The monoisotopic (exact) mass is 345 g/mol. The van der Waals surface area contributed by atoms with Crippen molar-refractivity contribution in [3.63, 3.8) is 0 Å². The zero-order chi connectivity index (χ0) is 18.3. The maximum atomic E-state index is 13.8. The van der Waals surface area contributed by atoms with E-state index in [0.717, 1.165) is 22.1 Å². The van der Waals surface area contributed by atoms with Crippen molar-refractivity contribution in [1.29, 1.82) is 0 Å². The normalized spacial score (nSPS) is 11.0. The molecule has 128 valence electrons. The van der Waals surface area contributed by atoms with Gasteiger partial charge in [0.1, 0.15) is 5.75 Å². The van der Waals surface area contributed by atoms with Crippen molar-refractivity contribution in [2.45, 2.75) is 6.92 Å². The number of pyridine rings is 1. The highest BCUT2D eigenvalue weighted by Crippen LogP contribution is 2.34. The lowest BCUT2D eigenvalue weighted by molar-refractivity contribution is 0.432. The fourth-order valence-electron chi connectivity index (χ4n) is 3.00. The Morgan fingerprint density at radius 1 is 0.808 bits per heavy atom. The van der Waals surface area contributed by atoms with Crippen LogP contribution in [0.2, 0.25) is 0 Å². The SMILES string of the molecule is Cc1ccc(-c2cc(-c3ccc(O)c(F)c3)nc3ccc(O)cc23)cc1. The average Bonchev–Trinajstić information content (AvgIpc) is 2.64. The molecule has 4 rings (SSSR count). The number of hydrogen-bond donors (Lipinski definition) is 2. The van der Waals surface area contributed by atoms with E-state index in [1.807, 2.05) is 37.3 Å². The minimum Gasteiger partial charge on any atom is -0.508 e. The Hall–Kier alpha value is -3.40. The third-order valence-corrected chi connectivity index (χ3v) is 4.40. The van der Waals surface area contributed by atoms with E-state index in [1.54, 1.807) is 24.3 Å². The molecule has 1 heterocycles. The molecule has 0 aliphatic carbocycles. The lowest BCUT2D eigenvalue weighted by Crippen LogP contribution is -1.91. The van der Waals surface area contributed by atoms with Gasteiger partial charge in [0.15, 0.2) is 11.6 Å². The van der Waals surface area contributed by atoms with Crippen LogP contribution in [0.3, 0.4) is 0 Å². The van der Waals surface area contributed by atoms with Crippen LogP contribution in [0, 0.1) is 12.7 Å². The number of phenols is 2. The molecule has 0 saturated heterocycles. The van der Waals surface area contributed by atoms with Crippen LogP contribution >= 0.6 is 0 Å². The summed E-state index contributed by atoms with van der Waals surface area (Å²) in [5, 5.41) is 20.1. The maximum Gasteiger partial charge on any atom is 0.165 e. The quantitative estimate of drug-likeness (QED) is 0.509. The summed E-state index contributed by atoms with van der Waals surface area (Å²) in [6.45, 7) is 2.02. The van der Waals surface area contributed by atoms with Crippen molar-refractivity contribution in [2.24, 2.45) is 0 Å². The lowest BCUT2D eigenvalue weighted by atomic mass is 9.97. The van der Waals surface area contributed by atoms with E-state index >= 15 is 0 Å². The molecular formula is C22H16FNO2. The fraction of sp³-hybridized carbons (Fsp3) is 0.0455. The number of phenolic OH excluding ortho intramolecular Hbond substituents is 2. The first-order valence-corrected chi connectivity index (χ1v) is 8.21. The van der Waals surface area contributed by atoms with E-state index < -0.39 is 11.6 Å². The third kappa shape index (κ3) is 2.86.